The monoisotopic (exact) mass is 416 g/mol. The molecule has 2 aromatic carbocycles. The first-order valence-corrected chi connectivity index (χ1v) is 10.7. The predicted molar refractivity (Wildman–Crippen MR) is 119 cm³/mol. The first-order valence-electron chi connectivity index (χ1n) is 10.7. The summed E-state index contributed by atoms with van der Waals surface area (Å²) < 4.78 is 20.6. The molecule has 1 fully saturated rings. The Morgan fingerprint density at radius 1 is 1.00 bits per heavy atom. The van der Waals surface area contributed by atoms with E-state index in [2.05, 4.69) is 17.0 Å². The lowest BCUT2D eigenvalue weighted by atomic mass is 9.96. The van der Waals surface area contributed by atoms with Crippen LogP contribution in [0.15, 0.2) is 66.9 Å². The lowest BCUT2D eigenvalue weighted by Crippen LogP contribution is -2.32. The molecule has 6 heteroatoms. The average Bonchev–Trinajstić information content (AvgIpc) is 3.23. The minimum Gasteiger partial charge on any atom is -0.497 e. The lowest BCUT2D eigenvalue weighted by Gasteiger charge is -2.30. The van der Waals surface area contributed by atoms with E-state index in [9.17, 15) is 4.39 Å². The van der Waals surface area contributed by atoms with Gasteiger partial charge in [0, 0.05) is 24.2 Å². The number of rotatable bonds is 5. The third kappa shape index (κ3) is 4.30. The van der Waals surface area contributed by atoms with Crippen LogP contribution >= 0.6 is 0 Å². The zero-order chi connectivity index (χ0) is 21.2. The van der Waals surface area contributed by atoms with E-state index in [0.717, 1.165) is 60.8 Å². The van der Waals surface area contributed by atoms with Crippen LogP contribution in [-0.4, -0.2) is 39.7 Å². The third-order valence-electron chi connectivity index (χ3n) is 6.02. The van der Waals surface area contributed by atoms with E-state index >= 15 is 0 Å². The standard InChI is InChI=1S/C25H25FN4O/c1-31-23-8-5-18(6-9-23)16-29-13-11-19(12-14-29)25-27-24-10-7-21(17-30(24)28-25)20-3-2-4-22(26)15-20/h2-10,15,17,19H,11-14,16H2,1H3. The summed E-state index contributed by atoms with van der Waals surface area (Å²) >= 11 is 0. The molecule has 0 unspecified atom stereocenters. The van der Waals surface area contributed by atoms with Crippen molar-refractivity contribution < 1.29 is 9.13 Å². The van der Waals surface area contributed by atoms with Gasteiger partial charge in [-0.3, -0.25) is 4.90 Å². The Morgan fingerprint density at radius 2 is 1.81 bits per heavy atom. The summed E-state index contributed by atoms with van der Waals surface area (Å²) in [6, 6.07) is 18.8. The maximum Gasteiger partial charge on any atom is 0.155 e. The smallest absolute Gasteiger partial charge is 0.155 e. The molecule has 4 aromatic rings. The number of hydrogen-bond donors (Lipinski definition) is 0. The van der Waals surface area contributed by atoms with E-state index < -0.39 is 0 Å². The van der Waals surface area contributed by atoms with Crippen LogP contribution in [0, 0.1) is 5.82 Å². The maximum atomic E-state index is 13.6. The van der Waals surface area contributed by atoms with Crippen LogP contribution in [0.5, 0.6) is 5.75 Å². The van der Waals surface area contributed by atoms with Gasteiger partial charge in [-0.25, -0.2) is 13.9 Å². The largest absolute Gasteiger partial charge is 0.497 e. The fourth-order valence-corrected chi connectivity index (χ4v) is 4.25. The molecule has 0 amide bonds. The van der Waals surface area contributed by atoms with Crippen molar-refractivity contribution in [1.82, 2.24) is 19.5 Å². The first kappa shape index (κ1) is 19.7. The van der Waals surface area contributed by atoms with E-state index in [1.54, 1.807) is 13.2 Å². The number of pyridine rings is 1. The molecule has 5 nitrogen and oxygen atoms in total. The van der Waals surface area contributed by atoms with Crippen LogP contribution in [-0.2, 0) is 6.54 Å². The van der Waals surface area contributed by atoms with Gasteiger partial charge >= 0.3 is 0 Å². The van der Waals surface area contributed by atoms with Crippen molar-refractivity contribution in [1.29, 1.82) is 0 Å². The Morgan fingerprint density at radius 3 is 2.55 bits per heavy atom. The average molecular weight is 417 g/mol. The fraction of sp³-hybridized carbons (Fsp3) is 0.280. The zero-order valence-electron chi connectivity index (χ0n) is 17.5. The second kappa shape index (κ2) is 8.47. The van der Waals surface area contributed by atoms with Gasteiger partial charge in [-0.05, 0) is 73.5 Å². The van der Waals surface area contributed by atoms with Crippen molar-refractivity contribution in [3.05, 3.63) is 84.1 Å². The number of ether oxygens (including phenoxy) is 1. The van der Waals surface area contributed by atoms with Gasteiger partial charge in [0.15, 0.2) is 11.5 Å². The van der Waals surface area contributed by atoms with Gasteiger partial charge in [0.25, 0.3) is 0 Å². The van der Waals surface area contributed by atoms with Crippen molar-refractivity contribution >= 4 is 5.65 Å². The maximum absolute atomic E-state index is 13.6. The van der Waals surface area contributed by atoms with E-state index in [4.69, 9.17) is 14.8 Å². The molecule has 31 heavy (non-hydrogen) atoms. The van der Waals surface area contributed by atoms with Gasteiger partial charge in [0.1, 0.15) is 11.6 Å². The molecular formula is C25H25FN4O. The van der Waals surface area contributed by atoms with Gasteiger partial charge < -0.3 is 4.74 Å². The van der Waals surface area contributed by atoms with E-state index in [1.807, 2.05) is 41.0 Å². The number of hydrogen-bond acceptors (Lipinski definition) is 4. The first-order chi connectivity index (χ1) is 15.2. The van der Waals surface area contributed by atoms with Crippen LogP contribution < -0.4 is 4.74 Å². The molecule has 0 N–H and O–H groups in total. The molecule has 1 aliphatic heterocycles. The highest BCUT2D eigenvalue weighted by Gasteiger charge is 2.24. The number of likely N-dealkylation sites (tertiary alicyclic amines) is 1. The number of aromatic nitrogens is 3. The van der Waals surface area contributed by atoms with Crippen molar-refractivity contribution in [3.8, 4) is 16.9 Å². The Hall–Kier alpha value is -3.25. The third-order valence-corrected chi connectivity index (χ3v) is 6.02. The van der Waals surface area contributed by atoms with Crippen LogP contribution in [0.4, 0.5) is 4.39 Å². The van der Waals surface area contributed by atoms with Crippen LogP contribution in [0.3, 0.4) is 0 Å². The summed E-state index contributed by atoms with van der Waals surface area (Å²) in [5.41, 5.74) is 3.90. The number of halogens is 1. The number of methoxy groups -OCH3 is 1. The minimum atomic E-state index is -0.238. The molecular weight excluding hydrogens is 391 g/mol. The fourth-order valence-electron chi connectivity index (χ4n) is 4.25. The highest BCUT2D eigenvalue weighted by atomic mass is 19.1. The number of fused-ring (bicyclic) bond motifs is 1. The SMILES string of the molecule is COc1ccc(CN2CCC(c3nc4ccc(-c5cccc(F)c5)cn4n3)CC2)cc1. The molecule has 0 saturated carbocycles. The lowest BCUT2D eigenvalue weighted by molar-refractivity contribution is 0.201. The molecule has 2 aromatic heterocycles. The summed E-state index contributed by atoms with van der Waals surface area (Å²) in [7, 11) is 1.69. The van der Waals surface area contributed by atoms with E-state index in [1.165, 1.54) is 17.7 Å². The summed E-state index contributed by atoms with van der Waals surface area (Å²) in [5.74, 6) is 1.92. The molecule has 0 bridgehead atoms. The van der Waals surface area contributed by atoms with Gasteiger partial charge in [-0.15, -0.1) is 0 Å². The molecule has 3 heterocycles. The van der Waals surface area contributed by atoms with Gasteiger partial charge in [-0.2, -0.15) is 5.10 Å². The summed E-state index contributed by atoms with van der Waals surface area (Å²) in [6.07, 6.45) is 4.02. The molecule has 1 saturated heterocycles. The van der Waals surface area contributed by atoms with Crippen molar-refractivity contribution in [3.63, 3.8) is 0 Å². The van der Waals surface area contributed by atoms with E-state index in [0.29, 0.717) is 5.92 Å². The topological polar surface area (TPSA) is 42.7 Å². The minimum absolute atomic E-state index is 0.238. The molecule has 5 rings (SSSR count). The molecule has 1 aliphatic rings. The normalized spacial score (nSPS) is 15.4. The van der Waals surface area contributed by atoms with E-state index in [-0.39, 0.29) is 5.82 Å². The number of nitrogens with zero attached hydrogens (tertiary/aromatic N) is 4. The molecule has 0 spiro atoms. The van der Waals surface area contributed by atoms with Crippen molar-refractivity contribution in [2.24, 2.45) is 0 Å². The highest BCUT2D eigenvalue weighted by molar-refractivity contribution is 5.64. The summed E-state index contributed by atoms with van der Waals surface area (Å²) in [5, 5.41) is 4.75. The van der Waals surface area contributed by atoms with Crippen molar-refractivity contribution in [2.45, 2.75) is 25.3 Å². The second-order valence-corrected chi connectivity index (χ2v) is 8.10. The Kier molecular flexibility index (Phi) is 5.38. The van der Waals surface area contributed by atoms with Gasteiger partial charge in [0.05, 0.1) is 7.11 Å². The highest BCUT2D eigenvalue weighted by Crippen LogP contribution is 2.28. The Bertz CT molecular complexity index is 1180. The second-order valence-electron chi connectivity index (χ2n) is 8.10. The summed E-state index contributed by atoms with van der Waals surface area (Å²) in [6.45, 7) is 3.01. The Balaban J connectivity index is 1.26. The summed E-state index contributed by atoms with van der Waals surface area (Å²) in [4.78, 5) is 7.24. The molecule has 0 atom stereocenters. The quantitative estimate of drug-likeness (QED) is 0.463. The van der Waals surface area contributed by atoms with Crippen LogP contribution in [0.2, 0.25) is 0 Å². The number of piperidine rings is 1. The van der Waals surface area contributed by atoms with Crippen LogP contribution in [0.1, 0.15) is 30.1 Å². The zero-order valence-corrected chi connectivity index (χ0v) is 17.5. The van der Waals surface area contributed by atoms with Crippen molar-refractivity contribution in [2.75, 3.05) is 20.2 Å². The van der Waals surface area contributed by atoms with Crippen LogP contribution in [0.25, 0.3) is 16.8 Å². The molecule has 158 valence electrons. The molecule has 0 aliphatic carbocycles. The Labute approximate surface area is 181 Å². The van der Waals surface area contributed by atoms with Gasteiger partial charge in [0.2, 0.25) is 0 Å². The van der Waals surface area contributed by atoms with Gasteiger partial charge in [-0.1, -0.05) is 24.3 Å². The molecule has 0 radical (unpaired) electrons. The predicted octanol–water partition coefficient (Wildman–Crippen LogP) is 4.92. The number of benzene rings is 2.